The van der Waals surface area contributed by atoms with Crippen molar-refractivity contribution in [3.05, 3.63) is 23.4 Å². The Hall–Kier alpha value is -0.800. The van der Waals surface area contributed by atoms with Gasteiger partial charge in [0.15, 0.2) is 0 Å². The van der Waals surface area contributed by atoms with Crippen LogP contribution in [0.15, 0.2) is 12.1 Å². The molecule has 1 aromatic heterocycles. The smallest absolute Gasteiger partial charge is 0.213 e. The second-order valence-corrected chi connectivity index (χ2v) is 6.21. The van der Waals surface area contributed by atoms with E-state index < -0.39 is 0 Å². The van der Waals surface area contributed by atoms with Crippen molar-refractivity contribution < 1.29 is 4.74 Å². The summed E-state index contributed by atoms with van der Waals surface area (Å²) in [6.45, 7) is 6.21. The fourth-order valence-corrected chi connectivity index (χ4v) is 2.83. The van der Waals surface area contributed by atoms with Gasteiger partial charge in [-0.3, -0.25) is 0 Å². The molecule has 1 unspecified atom stereocenters. The van der Waals surface area contributed by atoms with E-state index in [2.05, 4.69) is 36.8 Å². The third-order valence-corrected chi connectivity index (χ3v) is 4.31. The van der Waals surface area contributed by atoms with Gasteiger partial charge >= 0.3 is 0 Å². The maximum Gasteiger partial charge on any atom is 0.213 e. The van der Waals surface area contributed by atoms with Gasteiger partial charge < -0.3 is 9.64 Å². The van der Waals surface area contributed by atoms with E-state index in [1.807, 2.05) is 6.07 Å². The summed E-state index contributed by atoms with van der Waals surface area (Å²) in [6, 6.07) is 4.68. The number of pyridine rings is 1. The Balaban J connectivity index is 1.93. The normalized spacial score (nSPS) is 19.8. The number of halogens is 1. The Bertz CT molecular complexity index is 436. The van der Waals surface area contributed by atoms with Gasteiger partial charge in [0.1, 0.15) is 0 Å². The van der Waals surface area contributed by atoms with Crippen LogP contribution in [0.4, 0.5) is 0 Å². The van der Waals surface area contributed by atoms with Gasteiger partial charge in [0.2, 0.25) is 5.88 Å². The molecule has 0 aliphatic carbocycles. The summed E-state index contributed by atoms with van der Waals surface area (Å²) in [5.74, 6) is 1.61. The van der Waals surface area contributed by atoms with Gasteiger partial charge in [-0.15, -0.1) is 11.6 Å². The summed E-state index contributed by atoms with van der Waals surface area (Å²) < 4.78 is 5.85. The van der Waals surface area contributed by atoms with Crippen LogP contribution in [0.1, 0.15) is 50.3 Å². The highest BCUT2D eigenvalue weighted by atomic mass is 35.5. The lowest BCUT2D eigenvalue weighted by molar-refractivity contribution is 0.228. The summed E-state index contributed by atoms with van der Waals surface area (Å²) in [4.78, 5) is 6.99. The molecular formula is C16H25ClN2O. The molecule has 2 rings (SSSR count). The predicted octanol–water partition coefficient (Wildman–Crippen LogP) is 3.81. The molecular weight excluding hydrogens is 272 g/mol. The van der Waals surface area contributed by atoms with E-state index in [0.29, 0.717) is 23.7 Å². The van der Waals surface area contributed by atoms with Crippen molar-refractivity contribution in [1.82, 2.24) is 9.88 Å². The van der Waals surface area contributed by atoms with Crippen LogP contribution in [0.5, 0.6) is 5.88 Å². The Morgan fingerprint density at radius 2 is 2.25 bits per heavy atom. The highest BCUT2D eigenvalue weighted by Crippen LogP contribution is 2.21. The van der Waals surface area contributed by atoms with Crippen LogP contribution in [0, 0.1) is 0 Å². The standard InChI is InChI=1S/C16H25ClN2O/c1-12(2)15-9-13(11-17)10-16(18-15)20-8-6-14-5-4-7-19(14)3/h9-10,12,14H,4-8,11H2,1-3H3. The molecule has 4 heteroatoms. The fourth-order valence-electron chi connectivity index (χ4n) is 2.67. The number of nitrogens with zero attached hydrogens (tertiary/aromatic N) is 2. The lowest BCUT2D eigenvalue weighted by atomic mass is 10.1. The third-order valence-electron chi connectivity index (χ3n) is 4.00. The quantitative estimate of drug-likeness (QED) is 0.747. The molecule has 0 bridgehead atoms. The Morgan fingerprint density at radius 1 is 1.45 bits per heavy atom. The van der Waals surface area contributed by atoms with Crippen LogP contribution in [0.25, 0.3) is 0 Å². The van der Waals surface area contributed by atoms with Crippen molar-refractivity contribution in [1.29, 1.82) is 0 Å². The number of hydrogen-bond donors (Lipinski definition) is 0. The van der Waals surface area contributed by atoms with Gasteiger partial charge in [0, 0.05) is 23.7 Å². The van der Waals surface area contributed by atoms with Crippen LogP contribution in [-0.4, -0.2) is 36.1 Å². The molecule has 0 radical (unpaired) electrons. The number of aromatic nitrogens is 1. The van der Waals surface area contributed by atoms with E-state index in [4.69, 9.17) is 16.3 Å². The number of alkyl halides is 1. The summed E-state index contributed by atoms with van der Waals surface area (Å²) in [6.07, 6.45) is 3.66. The highest BCUT2D eigenvalue weighted by molar-refractivity contribution is 6.17. The second kappa shape index (κ2) is 7.28. The molecule has 1 aliphatic heterocycles. The van der Waals surface area contributed by atoms with Crippen LogP contribution in [0.2, 0.25) is 0 Å². The first-order chi connectivity index (χ1) is 9.60. The van der Waals surface area contributed by atoms with Crippen molar-refractivity contribution in [2.24, 2.45) is 0 Å². The molecule has 0 saturated carbocycles. The highest BCUT2D eigenvalue weighted by Gasteiger charge is 2.20. The molecule has 0 N–H and O–H groups in total. The van der Waals surface area contributed by atoms with Gasteiger partial charge in [0.25, 0.3) is 0 Å². The first-order valence-corrected chi connectivity index (χ1v) is 8.03. The number of likely N-dealkylation sites (tertiary alicyclic amines) is 1. The zero-order valence-electron chi connectivity index (χ0n) is 12.7. The van der Waals surface area contributed by atoms with E-state index in [9.17, 15) is 0 Å². The molecule has 0 spiro atoms. The first kappa shape index (κ1) is 15.6. The maximum absolute atomic E-state index is 5.94. The van der Waals surface area contributed by atoms with E-state index in [1.165, 1.54) is 19.4 Å². The topological polar surface area (TPSA) is 25.4 Å². The molecule has 0 aromatic carbocycles. The lowest BCUT2D eigenvalue weighted by Crippen LogP contribution is -2.26. The van der Waals surface area contributed by atoms with Gasteiger partial charge in [0.05, 0.1) is 6.61 Å². The number of hydrogen-bond acceptors (Lipinski definition) is 3. The SMILES string of the molecule is CC(C)c1cc(CCl)cc(OCCC2CCCN2C)n1. The van der Waals surface area contributed by atoms with Crippen LogP contribution >= 0.6 is 11.6 Å². The van der Waals surface area contributed by atoms with Crippen LogP contribution in [-0.2, 0) is 5.88 Å². The average molecular weight is 297 g/mol. The molecule has 20 heavy (non-hydrogen) atoms. The van der Waals surface area contributed by atoms with E-state index >= 15 is 0 Å². The zero-order chi connectivity index (χ0) is 14.5. The van der Waals surface area contributed by atoms with Crippen LogP contribution in [0.3, 0.4) is 0 Å². The molecule has 112 valence electrons. The van der Waals surface area contributed by atoms with E-state index in [-0.39, 0.29) is 0 Å². The van der Waals surface area contributed by atoms with Gasteiger partial charge in [-0.25, -0.2) is 4.98 Å². The van der Waals surface area contributed by atoms with Gasteiger partial charge in [-0.2, -0.15) is 0 Å². The minimum Gasteiger partial charge on any atom is -0.478 e. The number of rotatable bonds is 6. The maximum atomic E-state index is 5.94. The fraction of sp³-hybridized carbons (Fsp3) is 0.688. The van der Waals surface area contributed by atoms with Crippen molar-refractivity contribution >= 4 is 11.6 Å². The Morgan fingerprint density at radius 3 is 2.85 bits per heavy atom. The van der Waals surface area contributed by atoms with Crippen molar-refractivity contribution in [3.8, 4) is 5.88 Å². The molecule has 0 amide bonds. The van der Waals surface area contributed by atoms with Crippen molar-refractivity contribution in [3.63, 3.8) is 0 Å². The molecule has 2 heterocycles. The van der Waals surface area contributed by atoms with Crippen molar-refractivity contribution in [2.45, 2.75) is 50.9 Å². The molecule has 3 nitrogen and oxygen atoms in total. The third kappa shape index (κ3) is 4.10. The minimum atomic E-state index is 0.390. The molecule has 1 fully saturated rings. The van der Waals surface area contributed by atoms with Crippen molar-refractivity contribution in [2.75, 3.05) is 20.2 Å². The monoisotopic (exact) mass is 296 g/mol. The van der Waals surface area contributed by atoms with Crippen LogP contribution < -0.4 is 4.74 Å². The largest absolute Gasteiger partial charge is 0.478 e. The second-order valence-electron chi connectivity index (χ2n) is 5.94. The summed E-state index contributed by atoms with van der Waals surface area (Å²) in [5, 5.41) is 0. The Labute approximate surface area is 127 Å². The first-order valence-electron chi connectivity index (χ1n) is 7.50. The summed E-state index contributed by atoms with van der Waals surface area (Å²) in [5.41, 5.74) is 2.13. The number of ether oxygens (including phenoxy) is 1. The minimum absolute atomic E-state index is 0.390. The van der Waals surface area contributed by atoms with E-state index in [0.717, 1.165) is 24.3 Å². The zero-order valence-corrected chi connectivity index (χ0v) is 13.5. The molecule has 1 aliphatic rings. The van der Waals surface area contributed by atoms with Gasteiger partial charge in [-0.05, 0) is 50.4 Å². The summed E-state index contributed by atoms with van der Waals surface area (Å²) in [7, 11) is 2.20. The average Bonchev–Trinajstić information content (AvgIpc) is 2.84. The molecule has 1 atom stereocenters. The lowest BCUT2D eigenvalue weighted by Gasteiger charge is -2.19. The summed E-state index contributed by atoms with van der Waals surface area (Å²) >= 11 is 5.94. The predicted molar refractivity (Wildman–Crippen MR) is 83.6 cm³/mol. The molecule has 1 saturated heterocycles. The van der Waals surface area contributed by atoms with E-state index in [1.54, 1.807) is 0 Å². The molecule has 1 aromatic rings. The van der Waals surface area contributed by atoms with Gasteiger partial charge in [-0.1, -0.05) is 13.8 Å². The Kier molecular flexibility index (Phi) is 5.67.